The average molecular weight is 368 g/mol. The zero-order valence-electron chi connectivity index (χ0n) is 15.1. The Morgan fingerprint density at radius 3 is 2.54 bits per heavy atom. The van der Waals surface area contributed by atoms with E-state index in [4.69, 9.17) is 12.2 Å². The lowest BCUT2D eigenvalue weighted by atomic mass is 10.1. The van der Waals surface area contributed by atoms with E-state index in [0.717, 1.165) is 37.2 Å². The van der Waals surface area contributed by atoms with Crippen molar-refractivity contribution < 1.29 is 4.79 Å². The first-order chi connectivity index (χ1) is 12.6. The van der Waals surface area contributed by atoms with Crippen LogP contribution in [-0.2, 0) is 11.2 Å². The zero-order valence-corrected chi connectivity index (χ0v) is 15.9. The smallest absolute Gasteiger partial charge is 0.227 e. The van der Waals surface area contributed by atoms with E-state index in [1.807, 2.05) is 35.2 Å². The second kappa shape index (κ2) is 8.81. The van der Waals surface area contributed by atoms with Crippen molar-refractivity contribution in [3.05, 3.63) is 60.2 Å². The molecule has 1 aliphatic rings. The van der Waals surface area contributed by atoms with Gasteiger partial charge in [-0.15, -0.1) is 0 Å². The standard InChI is InChI=1S/C21H25N3OS/c1-16(9-10-17-6-3-2-4-7-17)22-21(26)23-18-11-13-19(14-12-18)24-15-5-8-20(24)25/h2-4,6-7,11-14,16H,5,8-10,15H2,1H3,(H2,22,23,26)/t16-/m0/s1. The number of thiocarbonyl (C=S) groups is 1. The van der Waals surface area contributed by atoms with Crippen LogP contribution in [0.1, 0.15) is 31.7 Å². The number of aryl methyl sites for hydroxylation is 1. The topological polar surface area (TPSA) is 44.4 Å². The number of benzene rings is 2. The molecule has 1 amide bonds. The van der Waals surface area contributed by atoms with Gasteiger partial charge in [-0.3, -0.25) is 4.79 Å². The maximum absolute atomic E-state index is 11.8. The molecule has 1 aliphatic heterocycles. The van der Waals surface area contributed by atoms with Gasteiger partial charge in [0.25, 0.3) is 0 Å². The lowest BCUT2D eigenvalue weighted by molar-refractivity contribution is -0.117. The van der Waals surface area contributed by atoms with Crippen LogP contribution in [0.4, 0.5) is 11.4 Å². The van der Waals surface area contributed by atoms with Crippen LogP contribution in [-0.4, -0.2) is 23.6 Å². The van der Waals surface area contributed by atoms with Crippen LogP contribution in [0.3, 0.4) is 0 Å². The number of amides is 1. The van der Waals surface area contributed by atoms with Gasteiger partial charge in [-0.25, -0.2) is 0 Å². The molecule has 136 valence electrons. The summed E-state index contributed by atoms with van der Waals surface area (Å²) >= 11 is 5.42. The molecule has 26 heavy (non-hydrogen) atoms. The molecule has 5 heteroatoms. The molecule has 0 unspecified atom stereocenters. The van der Waals surface area contributed by atoms with Crippen LogP contribution in [0.15, 0.2) is 54.6 Å². The molecule has 2 aromatic rings. The predicted molar refractivity (Wildman–Crippen MR) is 112 cm³/mol. The molecule has 0 saturated carbocycles. The number of hydrogen-bond donors (Lipinski definition) is 2. The first-order valence-corrected chi connectivity index (χ1v) is 9.54. The predicted octanol–water partition coefficient (Wildman–Crippen LogP) is 4.12. The van der Waals surface area contributed by atoms with Crippen LogP contribution in [0.5, 0.6) is 0 Å². The fraction of sp³-hybridized carbons (Fsp3) is 0.333. The summed E-state index contributed by atoms with van der Waals surface area (Å²) in [6.45, 7) is 2.95. The summed E-state index contributed by atoms with van der Waals surface area (Å²) in [5.74, 6) is 0.204. The molecular formula is C21H25N3OS. The lowest BCUT2D eigenvalue weighted by Crippen LogP contribution is -2.36. The van der Waals surface area contributed by atoms with Crippen LogP contribution in [0.25, 0.3) is 0 Å². The van der Waals surface area contributed by atoms with Crippen molar-refractivity contribution in [2.45, 2.75) is 38.6 Å². The maximum atomic E-state index is 11.8. The van der Waals surface area contributed by atoms with Crippen LogP contribution < -0.4 is 15.5 Å². The van der Waals surface area contributed by atoms with Gasteiger partial charge in [0.2, 0.25) is 5.91 Å². The highest BCUT2D eigenvalue weighted by molar-refractivity contribution is 7.80. The summed E-state index contributed by atoms with van der Waals surface area (Å²) in [4.78, 5) is 13.6. The lowest BCUT2D eigenvalue weighted by Gasteiger charge is -2.18. The summed E-state index contributed by atoms with van der Waals surface area (Å²) in [6, 6.07) is 18.6. The van der Waals surface area contributed by atoms with Gasteiger partial charge < -0.3 is 15.5 Å². The monoisotopic (exact) mass is 367 g/mol. The van der Waals surface area contributed by atoms with E-state index in [2.05, 4.69) is 41.8 Å². The highest BCUT2D eigenvalue weighted by Gasteiger charge is 2.21. The van der Waals surface area contributed by atoms with E-state index in [1.54, 1.807) is 0 Å². The molecule has 2 N–H and O–H groups in total. The Labute approximate surface area is 160 Å². The molecule has 4 nitrogen and oxygen atoms in total. The van der Waals surface area contributed by atoms with E-state index < -0.39 is 0 Å². The SMILES string of the molecule is C[C@@H](CCc1ccccc1)NC(=S)Nc1ccc(N2CCCC2=O)cc1. The number of nitrogens with zero attached hydrogens (tertiary/aromatic N) is 1. The second-order valence-electron chi connectivity index (χ2n) is 6.72. The maximum Gasteiger partial charge on any atom is 0.227 e. The Bertz CT molecular complexity index is 746. The molecule has 0 radical (unpaired) electrons. The molecule has 0 aliphatic carbocycles. The summed E-state index contributed by atoms with van der Waals surface area (Å²) in [5.41, 5.74) is 3.22. The molecule has 0 spiro atoms. The third-order valence-electron chi connectivity index (χ3n) is 4.60. The molecule has 0 bridgehead atoms. The minimum absolute atomic E-state index is 0.204. The molecule has 1 saturated heterocycles. The van der Waals surface area contributed by atoms with Crippen molar-refractivity contribution in [3.63, 3.8) is 0 Å². The number of hydrogen-bond acceptors (Lipinski definition) is 2. The first-order valence-electron chi connectivity index (χ1n) is 9.14. The van der Waals surface area contributed by atoms with Crippen LogP contribution in [0.2, 0.25) is 0 Å². The fourth-order valence-electron chi connectivity index (χ4n) is 3.14. The van der Waals surface area contributed by atoms with Gasteiger partial charge in [-0.1, -0.05) is 30.3 Å². The summed E-state index contributed by atoms with van der Waals surface area (Å²) in [5, 5.41) is 7.17. The van der Waals surface area contributed by atoms with Crippen molar-refractivity contribution in [1.82, 2.24) is 5.32 Å². The van der Waals surface area contributed by atoms with E-state index in [9.17, 15) is 4.79 Å². The number of carbonyl (C=O) groups excluding carboxylic acids is 1. The van der Waals surface area contributed by atoms with E-state index in [-0.39, 0.29) is 11.9 Å². The molecule has 1 atom stereocenters. The minimum atomic E-state index is 0.204. The Hall–Kier alpha value is -2.40. The number of carbonyl (C=O) groups is 1. The average Bonchev–Trinajstić information content (AvgIpc) is 3.07. The van der Waals surface area contributed by atoms with Gasteiger partial charge >= 0.3 is 0 Å². The van der Waals surface area contributed by atoms with E-state index >= 15 is 0 Å². The van der Waals surface area contributed by atoms with Gasteiger partial charge in [0.05, 0.1) is 0 Å². The largest absolute Gasteiger partial charge is 0.360 e. The third-order valence-corrected chi connectivity index (χ3v) is 4.82. The Morgan fingerprint density at radius 1 is 1.15 bits per heavy atom. The fourth-order valence-corrected chi connectivity index (χ4v) is 3.46. The van der Waals surface area contributed by atoms with Crippen molar-refractivity contribution >= 4 is 34.6 Å². The van der Waals surface area contributed by atoms with Gasteiger partial charge in [0, 0.05) is 30.4 Å². The van der Waals surface area contributed by atoms with Crippen LogP contribution >= 0.6 is 12.2 Å². The zero-order chi connectivity index (χ0) is 18.4. The molecule has 3 rings (SSSR count). The van der Waals surface area contributed by atoms with Crippen molar-refractivity contribution in [1.29, 1.82) is 0 Å². The Kier molecular flexibility index (Phi) is 6.23. The summed E-state index contributed by atoms with van der Waals surface area (Å²) in [7, 11) is 0. The van der Waals surface area contributed by atoms with Gasteiger partial charge in [0.1, 0.15) is 0 Å². The number of nitrogens with one attached hydrogen (secondary N) is 2. The quantitative estimate of drug-likeness (QED) is 0.754. The van der Waals surface area contributed by atoms with Gasteiger partial charge in [-0.2, -0.15) is 0 Å². The normalized spacial score (nSPS) is 15.0. The number of anilines is 2. The van der Waals surface area contributed by atoms with Gasteiger partial charge in [0.15, 0.2) is 5.11 Å². The second-order valence-corrected chi connectivity index (χ2v) is 7.13. The minimum Gasteiger partial charge on any atom is -0.360 e. The third kappa shape index (κ3) is 5.05. The van der Waals surface area contributed by atoms with Gasteiger partial charge in [-0.05, 0) is 68.2 Å². The molecular weight excluding hydrogens is 342 g/mol. The molecule has 1 heterocycles. The molecule has 2 aromatic carbocycles. The number of rotatable bonds is 6. The van der Waals surface area contributed by atoms with Crippen LogP contribution in [0, 0.1) is 0 Å². The Morgan fingerprint density at radius 2 is 1.88 bits per heavy atom. The van der Waals surface area contributed by atoms with Crippen molar-refractivity contribution in [2.24, 2.45) is 0 Å². The first kappa shape index (κ1) is 18.4. The highest BCUT2D eigenvalue weighted by atomic mass is 32.1. The van der Waals surface area contributed by atoms with E-state index in [1.165, 1.54) is 5.56 Å². The van der Waals surface area contributed by atoms with Crippen molar-refractivity contribution in [2.75, 3.05) is 16.8 Å². The van der Waals surface area contributed by atoms with Crippen molar-refractivity contribution in [3.8, 4) is 0 Å². The Balaban J connectivity index is 1.46. The van der Waals surface area contributed by atoms with E-state index in [0.29, 0.717) is 11.5 Å². The summed E-state index contributed by atoms with van der Waals surface area (Å²) in [6.07, 6.45) is 3.63. The summed E-state index contributed by atoms with van der Waals surface area (Å²) < 4.78 is 0. The highest BCUT2D eigenvalue weighted by Crippen LogP contribution is 2.23. The molecule has 1 fully saturated rings. The molecule has 0 aromatic heterocycles.